The van der Waals surface area contributed by atoms with Crippen molar-refractivity contribution in [2.75, 3.05) is 13.7 Å². The van der Waals surface area contributed by atoms with E-state index in [9.17, 15) is 0 Å². The van der Waals surface area contributed by atoms with Crippen molar-refractivity contribution in [1.29, 1.82) is 0 Å². The van der Waals surface area contributed by atoms with Crippen LogP contribution in [0.2, 0.25) is 0 Å². The highest BCUT2D eigenvalue weighted by Gasteiger charge is 2.49. The number of nitrogens with two attached hydrogens (primary N) is 2. The lowest BCUT2D eigenvalue weighted by Gasteiger charge is -2.21. The van der Waals surface area contributed by atoms with E-state index in [0.717, 1.165) is 48.6 Å². The van der Waals surface area contributed by atoms with Gasteiger partial charge in [-0.3, -0.25) is 0 Å². The normalized spacial score (nSPS) is 38.6. The van der Waals surface area contributed by atoms with Crippen molar-refractivity contribution >= 4 is 23.0 Å². The molecule has 0 saturated heterocycles. The average Bonchev–Trinajstić information content (AvgIpc) is 2.84. The van der Waals surface area contributed by atoms with Crippen LogP contribution in [-0.2, 0) is 3.07 Å². The zero-order valence-corrected chi connectivity index (χ0v) is 11.8. The highest BCUT2D eigenvalue weighted by molar-refractivity contribution is 14.1. The fourth-order valence-electron chi connectivity index (χ4n) is 3.03. The number of hydrogen-bond donors (Lipinski definition) is 2. The lowest BCUT2D eigenvalue weighted by Crippen LogP contribution is -2.28. The van der Waals surface area contributed by atoms with E-state index in [1.807, 2.05) is 30.1 Å². The van der Waals surface area contributed by atoms with E-state index in [1.54, 1.807) is 5.01 Å². The van der Waals surface area contributed by atoms with Gasteiger partial charge in [-0.2, -0.15) is 0 Å². The van der Waals surface area contributed by atoms with Crippen LogP contribution < -0.4 is 11.6 Å². The van der Waals surface area contributed by atoms with Crippen LogP contribution in [-0.4, -0.2) is 18.7 Å². The lowest BCUT2D eigenvalue weighted by atomic mass is 10.0. The second-order valence-electron chi connectivity index (χ2n) is 4.93. The third-order valence-corrected chi connectivity index (χ3v) is 4.38. The summed E-state index contributed by atoms with van der Waals surface area (Å²) in [5, 5.41) is 1.68. The van der Waals surface area contributed by atoms with Crippen LogP contribution in [0, 0.1) is 17.8 Å². The zero-order valence-electron chi connectivity index (χ0n) is 9.66. The molecule has 0 radical (unpaired) electrons. The van der Waals surface area contributed by atoms with Crippen molar-refractivity contribution in [2.24, 2.45) is 29.3 Å². The summed E-state index contributed by atoms with van der Waals surface area (Å²) in [4.78, 5) is 0. The number of hydrazine groups is 1. The summed E-state index contributed by atoms with van der Waals surface area (Å²) < 4.78 is 5.23. The fourth-order valence-corrected chi connectivity index (χ4v) is 3.45. The molecule has 0 aromatic carbocycles. The third-order valence-electron chi connectivity index (χ3n) is 4.02. The minimum absolute atomic E-state index is 0.757. The predicted molar refractivity (Wildman–Crippen MR) is 72.1 cm³/mol. The summed E-state index contributed by atoms with van der Waals surface area (Å²) >= 11 is 1.99. The highest BCUT2D eigenvalue weighted by atomic mass is 127. The first-order valence-electron chi connectivity index (χ1n) is 5.84. The molecule has 0 amide bonds. The number of hydrogen-bond acceptors (Lipinski definition) is 4. The first kappa shape index (κ1) is 12.4. The summed E-state index contributed by atoms with van der Waals surface area (Å²) in [6.07, 6.45) is 4.39. The molecular formula is C11H20IN3O. The Morgan fingerprint density at radius 1 is 1.38 bits per heavy atom. The fraction of sp³-hybridized carbons (Fsp3) is 0.818. The van der Waals surface area contributed by atoms with Crippen molar-refractivity contribution in [1.82, 2.24) is 5.01 Å². The molecule has 4 nitrogen and oxygen atoms in total. The molecular weight excluding hydrogens is 317 g/mol. The first-order valence-corrected chi connectivity index (χ1v) is 6.72. The Balaban J connectivity index is 1.98. The second-order valence-corrected chi connectivity index (χ2v) is 5.55. The van der Waals surface area contributed by atoms with E-state index in [-0.39, 0.29) is 0 Å². The second kappa shape index (κ2) is 5.10. The Morgan fingerprint density at radius 3 is 2.56 bits per heavy atom. The van der Waals surface area contributed by atoms with Gasteiger partial charge >= 0.3 is 0 Å². The quantitative estimate of drug-likeness (QED) is 0.468. The molecule has 2 aliphatic carbocycles. The van der Waals surface area contributed by atoms with E-state index in [1.165, 1.54) is 12.8 Å². The van der Waals surface area contributed by atoms with Crippen molar-refractivity contribution in [3.05, 3.63) is 11.4 Å². The highest BCUT2D eigenvalue weighted by Crippen LogP contribution is 2.53. The number of fused-ring (bicyclic) bond motifs is 1. The van der Waals surface area contributed by atoms with Gasteiger partial charge < -0.3 is 13.8 Å². The van der Waals surface area contributed by atoms with Crippen LogP contribution in [0.5, 0.6) is 0 Å². The molecule has 92 valence electrons. The lowest BCUT2D eigenvalue weighted by molar-refractivity contribution is 0.372. The SMILES string of the molecule is CN(N)/C1=C(\N)CCC2C(CC1)C2COI. The van der Waals surface area contributed by atoms with Gasteiger partial charge in [0.2, 0.25) is 0 Å². The molecule has 3 unspecified atom stereocenters. The molecule has 16 heavy (non-hydrogen) atoms. The Labute approximate surface area is 111 Å². The first-order chi connectivity index (χ1) is 7.65. The predicted octanol–water partition coefficient (Wildman–Crippen LogP) is 1.76. The molecule has 0 aromatic heterocycles. The molecule has 0 aromatic rings. The summed E-state index contributed by atoms with van der Waals surface area (Å²) in [5.41, 5.74) is 8.18. The summed E-state index contributed by atoms with van der Waals surface area (Å²) in [5.74, 6) is 8.22. The van der Waals surface area contributed by atoms with Crippen molar-refractivity contribution < 1.29 is 3.07 Å². The topological polar surface area (TPSA) is 64.5 Å². The van der Waals surface area contributed by atoms with Gasteiger partial charge in [0.1, 0.15) is 23.0 Å². The summed E-state index contributed by atoms with van der Waals surface area (Å²) in [7, 11) is 1.87. The Morgan fingerprint density at radius 2 is 2.00 bits per heavy atom. The van der Waals surface area contributed by atoms with Crippen molar-refractivity contribution in [3.8, 4) is 0 Å². The standard InChI is InChI=1S/C11H20IN3O/c1-15(14)11-5-3-8-7(2-4-10(11)13)9(8)6-16-12/h7-9H,2-6,13-14H2,1H3/b11-10-. The molecule has 0 spiro atoms. The Kier molecular flexibility index (Phi) is 3.97. The minimum atomic E-state index is 0.757. The van der Waals surface area contributed by atoms with Gasteiger partial charge in [-0.1, -0.05) is 0 Å². The zero-order chi connectivity index (χ0) is 11.7. The molecule has 2 rings (SSSR count). The molecule has 1 fully saturated rings. The van der Waals surface area contributed by atoms with Gasteiger partial charge in [0.05, 0.1) is 6.61 Å². The molecule has 0 bridgehead atoms. The Hall–Kier alpha value is -0.0100. The average molecular weight is 337 g/mol. The maximum absolute atomic E-state index is 6.07. The number of nitrogens with zero attached hydrogens (tertiary/aromatic N) is 1. The number of allylic oxidation sites excluding steroid dienone is 2. The smallest absolute Gasteiger partial charge is 0.109 e. The van der Waals surface area contributed by atoms with Gasteiger partial charge in [0, 0.05) is 18.4 Å². The van der Waals surface area contributed by atoms with E-state index in [4.69, 9.17) is 14.6 Å². The van der Waals surface area contributed by atoms with E-state index in [2.05, 4.69) is 0 Å². The third kappa shape index (κ3) is 2.46. The number of rotatable bonds is 3. The maximum Gasteiger partial charge on any atom is 0.109 e. The summed E-state index contributed by atoms with van der Waals surface area (Å²) in [6.45, 7) is 0.892. The minimum Gasteiger partial charge on any atom is -0.401 e. The number of halogens is 1. The van der Waals surface area contributed by atoms with Gasteiger partial charge in [0.15, 0.2) is 0 Å². The van der Waals surface area contributed by atoms with Gasteiger partial charge in [-0.25, -0.2) is 5.84 Å². The molecule has 4 N–H and O–H groups in total. The van der Waals surface area contributed by atoms with Crippen molar-refractivity contribution in [3.63, 3.8) is 0 Å². The monoisotopic (exact) mass is 337 g/mol. The van der Waals surface area contributed by atoms with Crippen LogP contribution >= 0.6 is 23.0 Å². The van der Waals surface area contributed by atoms with Gasteiger partial charge in [-0.15, -0.1) is 0 Å². The van der Waals surface area contributed by atoms with Crippen LogP contribution in [0.3, 0.4) is 0 Å². The van der Waals surface area contributed by atoms with Crippen LogP contribution in [0.25, 0.3) is 0 Å². The van der Waals surface area contributed by atoms with Crippen LogP contribution in [0.4, 0.5) is 0 Å². The van der Waals surface area contributed by atoms with E-state index >= 15 is 0 Å². The van der Waals surface area contributed by atoms with E-state index < -0.39 is 0 Å². The van der Waals surface area contributed by atoms with Gasteiger partial charge in [-0.05, 0) is 43.4 Å². The molecule has 3 atom stereocenters. The molecule has 0 heterocycles. The Bertz CT molecular complexity index is 293. The summed E-state index contributed by atoms with van der Waals surface area (Å²) in [6, 6.07) is 0. The van der Waals surface area contributed by atoms with Gasteiger partial charge in [0.25, 0.3) is 0 Å². The maximum atomic E-state index is 6.07. The largest absolute Gasteiger partial charge is 0.401 e. The molecule has 2 aliphatic rings. The molecule has 0 aliphatic heterocycles. The van der Waals surface area contributed by atoms with E-state index in [0.29, 0.717) is 0 Å². The van der Waals surface area contributed by atoms with Crippen LogP contribution in [0.15, 0.2) is 11.4 Å². The molecule has 5 heteroatoms. The van der Waals surface area contributed by atoms with Crippen LogP contribution in [0.1, 0.15) is 25.7 Å². The molecule has 1 saturated carbocycles. The van der Waals surface area contributed by atoms with Crippen molar-refractivity contribution in [2.45, 2.75) is 25.7 Å².